The Labute approximate surface area is 177 Å². The number of carbonyl (C=O) groups is 1. The summed E-state index contributed by atoms with van der Waals surface area (Å²) in [6, 6.07) is 10.4. The van der Waals surface area contributed by atoms with Gasteiger partial charge in [0.1, 0.15) is 11.3 Å². The number of aromatic amines is 1. The van der Waals surface area contributed by atoms with Crippen molar-refractivity contribution < 1.29 is 18.8 Å². The molecule has 1 aromatic carbocycles. The SMILES string of the molecule is O=C(Nc1cc(-c2cccs2)no1)c1c[nH]c(=O)n(Cc2ccc3c(c2)OCO3)c1=O. The number of amides is 1. The third-order valence-corrected chi connectivity index (χ3v) is 5.50. The van der Waals surface area contributed by atoms with Crippen LogP contribution in [0.15, 0.2) is 62.1 Å². The van der Waals surface area contributed by atoms with Crippen molar-refractivity contribution in [3.8, 4) is 22.1 Å². The number of hydrogen-bond acceptors (Lipinski definition) is 8. The van der Waals surface area contributed by atoms with E-state index in [1.807, 2.05) is 17.5 Å². The van der Waals surface area contributed by atoms with Gasteiger partial charge in [-0.1, -0.05) is 17.3 Å². The predicted octanol–water partition coefficient (Wildman–Crippen LogP) is 2.28. The Balaban J connectivity index is 1.39. The molecule has 0 spiro atoms. The van der Waals surface area contributed by atoms with Crippen LogP contribution in [-0.2, 0) is 6.54 Å². The third kappa shape index (κ3) is 3.62. The molecule has 1 aliphatic heterocycles. The average molecular weight is 438 g/mol. The molecule has 0 saturated carbocycles. The summed E-state index contributed by atoms with van der Waals surface area (Å²) in [6.07, 6.45) is 1.08. The van der Waals surface area contributed by atoms with Gasteiger partial charge in [0.05, 0.1) is 11.4 Å². The van der Waals surface area contributed by atoms with Crippen LogP contribution in [-0.4, -0.2) is 27.4 Å². The summed E-state index contributed by atoms with van der Waals surface area (Å²) >= 11 is 1.47. The molecule has 1 amide bonds. The minimum atomic E-state index is -0.739. The van der Waals surface area contributed by atoms with Gasteiger partial charge in [0.2, 0.25) is 12.7 Å². The molecule has 4 aromatic rings. The molecular formula is C20H14N4O6S. The van der Waals surface area contributed by atoms with Crippen LogP contribution >= 0.6 is 11.3 Å². The van der Waals surface area contributed by atoms with E-state index in [0.29, 0.717) is 22.8 Å². The predicted molar refractivity (Wildman–Crippen MR) is 111 cm³/mol. The first-order valence-electron chi connectivity index (χ1n) is 9.11. The van der Waals surface area contributed by atoms with Crippen LogP contribution in [0.5, 0.6) is 11.5 Å². The summed E-state index contributed by atoms with van der Waals surface area (Å²) in [5, 5.41) is 8.29. The number of ether oxygens (including phenoxy) is 2. The zero-order valence-corrected chi connectivity index (χ0v) is 16.6. The van der Waals surface area contributed by atoms with Gasteiger partial charge >= 0.3 is 5.69 Å². The van der Waals surface area contributed by atoms with Crippen LogP contribution in [0.3, 0.4) is 0 Å². The molecule has 10 nitrogen and oxygen atoms in total. The van der Waals surface area contributed by atoms with E-state index in [4.69, 9.17) is 14.0 Å². The van der Waals surface area contributed by atoms with Gasteiger partial charge in [-0.3, -0.25) is 19.5 Å². The summed E-state index contributed by atoms with van der Waals surface area (Å²) in [4.78, 5) is 41.0. The van der Waals surface area contributed by atoms with Gasteiger partial charge in [-0.05, 0) is 29.1 Å². The van der Waals surface area contributed by atoms with Crippen LogP contribution < -0.4 is 26.0 Å². The molecule has 3 aromatic heterocycles. The van der Waals surface area contributed by atoms with Gasteiger partial charge in [0.15, 0.2) is 11.5 Å². The second-order valence-electron chi connectivity index (χ2n) is 6.59. The van der Waals surface area contributed by atoms with E-state index >= 15 is 0 Å². The molecule has 11 heteroatoms. The van der Waals surface area contributed by atoms with Crippen LogP contribution in [0.2, 0.25) is 0 Å². The number of thiophene rings is 1. The number of anilines is 1. The van der Waals surface area contributed by atoms with Gasteiger partial charge < -0.3 is 19.0 Å². The number of nitrogens with zero attached hydrogens (tertiary/aromatic N) is 2. The van der Waals surface area contributed by atoms with Gasteiger partial charge in [0.25, 0.3) is 11.5 Å². The Morgan fingerprint density at radius 2 is 2.06 bits per heavy atom. The first kappa shape index (κ1) is 18.9. The van der Waals surface area contributed by atoms with E-state index in [2.05, 4.69) is 15.5 Å². The van der Waals surface area contributed by atoms with Crippen molar-refractivity contribution in [2.45, 2.75) is 6.54 Å². The van der Waals surface area contributed by atoms with Gasteiger partial charge in [-0.15, -0.1) is 11.3 Å². The minimum absolute atomic E-state index is 0.0449. The fraction of sp³-hybridized carbons (Fsp3) is 0.100. The largest absolute Gasteiger partial charge is 0.454 e. The Kier molecular flexibility index (Phi) is 4.64. The molecule has 0 atom stereocenters. The number of hydrogen-bond donors (Lipinski definition) is 2. The molecular weight excluding hydrogens is 424 g/mol. The summed E-state index contributed by atoms with van der Waals surface area (Å²) in [7, 11) is 0. The van der Waals surface area contributed by atoms with Crippen LogP contribution in [0.1, 0.15) is 15.9 Å². The quantitative estimate of drug-likeness (QED) is 0.489. The molecule has 0 aliphatic carbocycles. The van der Waals surface area contributed by atoms with E-state index in [-0.39, 0.29) is 24.8 Å². The summed E-state index contributed by atoms with van der Waals surface area (Å²) in [6.45, 7) is 0.0710. The Morgan fingerprint density at radius 1 is 1.19 bits per heavy atom. The zero-order valence-electron chi connectivity index (χ0n) is 15.8. The molecule has 0 radical (unpaired) electrons. The molecule has 0 bridgehead atoms. The number of aromatic nitrogens is 3. The Hall–Kier alpha value is -4.12. The third-order valence-electron chi connectivity index (χ3n) is 4.60. The van der Waals surface area contributed by atoms with Crippen molar-refractivity contribution in [1.82, 2.24) is 14.7 Å². The fourth-order valence-corrected chi connectivity index (χ4v) is 3.77. The summed E-state index contributed by atoms with van der Waals surface area (Å²) < 4.78 is 16.6. The highest BCUT2D eigenvalue weighted by Crippen LogP contribution is 2.32. The number of H-pyrrole nitrogens is 1. The summed E-state index contributed by atoms with van der Waals surface area (Å²) in [5.74, 6) is 0.478. The van der Waals surface area contributed by atoms with E-state index in [0.717, 1.165) is 15.6 Å². The van der Waals surface area contributed by atoms with Gasteiger partial charge in [-0.2, -0.15) is 0 Å². The molecule has 0 fully saturated rings. The fourth-order valence-electron chi connectivity index (χ4n) is 3.09. The normalized spacial score (nSPS) is 12.1. The first-order chi connectivity index (χ1) is 15.1. The maximum atomic E-state index is 12.8. The minimum Gasteiger partial charge on any atom is -0.454 e. The van der Waals surface area contributed by atoms with Crippen molar-refractivity contribution in [2.75, 3.05) is 12.1 Å². The highest BCUT2D eigenvalue weighted by molar-refractivity contribution is 7.13. The molecule has 1 aliphatic rings. The lowest BCUT2D eigenvalue weighted by molar-refractivity contribution is 0.102. The lowest BCUT2D eigenvalue weighted by atomic mass is 10.2. The maximum Gasteiger partial charge on any atom is 0.328 e. The van der Waals surface area contributed by atoms with Crippen molar-refractivity contribution in [1.29, 1.82) is 0 Å². The first-order valence-corrected chi connectivity index (χ1v) is 9.99. The van der Waals surface area contributed by atoms with Gasteiger partial charge in [-0.25, -0.2) is 4.79 Å². The molecule has 156 valence electrons. The maximum absolute atomic E-state index is 12.8. The molecule has 31 heavy (non-hydrogen) atoms. The molecule has 0 saturated heterocycles. The van der Waals surface area contributed by atoms with Crippen LogP contribution in [0.25, 0.3) is 10.6 Å². The van der Waals surface area contributed by atoms with E-state index in [9.17, 15) is 14.4 Å². The number of carbonyl (C=O) groups excluding carboxylic acids is 1. The highest BCUT2D eigenvalue weighted by Gasteiger charge is 2.19. The van der Waals surface area contributed by atoms with E-state index in [1.54, 1.807) is 24.3 Å². The second-order valence-corrected chi connectivity index (χ2v) is 7.54. The smallest absolute Gasteiger partial charge is 0.328 e. The van der Waals surface area contributed by atoms with Crippen molar-refractivity contribution >= 4 is 23.1 Å². The van der Waals surface area contributed by atoms with Crippen molar-refractivity contribution in [3.63, 3.8) is 0 Å². The van der Waals surface area contributed by atoms with Crippen molar-refractivity contribution in [2.24, 2.45) is 0 Å². The Morgan fingerprint density at radius 3 is 2.90 bits per heavy atom. The molecule has 2 N–H and O–H groups in total. The zero-order chi connectivity index (χ0) is 21.4. The lowest BCUT2D eigenvalue weighted by Crippen LogP contribution is -2.39. The molecule has 5 rings (SSSR count). The summed E-state index contributed by atoms with van der Waals surface area (Å²) in [5.41, 5.74) is -0.414. The second kappa shape index (κ2) is 7.61. The highest BCUT2D eigenvalue weighted by atomic mass is 32.1. The van der Waals surface area contributed by atoms with Crippen molar-refractivity contribution in [3.05, 3.63) is 79.9 Å². The molecule has 0 unspecified atom stereocenters. The monoisotopic (exact) mass is 438 g/mol. The number of fused-ring (bicyclic) bond motifs is 1. The Bertz CT molecular complexity index is 1390. The van der Waals surface area contributed by atoms with Crippen LogP contribution in [0.4, 0.5) is 5.88 Å². The standard InChI is InChI=1S/C20H14N4O6S/c25-18(22-17-7-13(23-30-17)16-2-1-5-31-16)12-8-21-20(27)24(19(12)26)9-11-3-4-14-15(6-11)29-10-28-14/h1-8H,9-10H2,(H,21,27)(H,22,25). The van der Waals surface area contributed by atoms with E-state index < -0.39 is 17.2 Å². The average Bonchev–Trinajstić information content (AvgIpc) is 3.51. The topological polar surface area (TPSA) is 128 Å². The number of rotatable bonds is 5. The van der Waals surface area contributed by atoms with Crippen LogP contribution in [0, 0.1) is 0 Å². The lowest BCUT2D eigenvalue weighted by Gasteiger charge is -2.08. The van der Waals surface area contributed by atoms with E-state index in [1.165, 1.54) is 11.3 Å². The number of nitrogens with one attached hydrogen (secondary N) is 2. The molecule has 4 heterocycles. The number of benzene rings is 1. The van der Waals surface area contributed by atoms with Gasteiger partial charge in [0, 0.05) is 12.3 Å².